The van der Waals surface area contributed by atoms with Gasteiger partial charge in [-0.2, -0.15) is 5.10 Å². The molecule has 4 rings (SSSR count). The molecular formula is C23H31N5O4. The minimum absolute atomic E-state index is 0.0138. The molecule has 172 valence electrons. The number of hydrogen-bond acceptors (Lipinski definition) is 6. The summed E-state index contributed by atoms with van der Waals surface area (Å²) in [5.41, 5.74) is 2.18. The number of benzene rings is 1. The number of fused-ring (bicyclic) bond motifs is 1. The summed E-state index contributed by atoms with van der Waals surface area (Å²) in [6.07, 6.45) is 0.523. The summed E-state index contributed by atoms with van der Waals surface area (Å²) < 4.78 is 7.33. The summed E-state index contributed by atoms with van der Waals surface area (Å²) in [4.78, 5) is 40.4. The Kier molecular flexibility index (Phi) is 5.60. The van der Waals surface area contributed by atoms with Crippen LogP contribution in [-0.2, 0) is 21.4 Å². The number of piperazine rings is 1. The van der Waals surface area contributed by atoms with Gasteiger partial charge in [0.2, 0.25) is 11.8 Å². The van der Waals surface area contributed by atoms with Crippen LogP contribution in [0.2, 0.25) is 0 Å². The summed E-state index contributed by atoms with van der Waals surface area (Å²) in [5.74, 6) is -0.925. The van der Waals surface area contributed by atoms with Gasteiger partial charge in [0, 0.05) is 50.2 Å². The fraction of sp³-hybridized carbons (Fsp3) is 0.565. The number of rotatable bonds is 2. The SMILES string of the molecule is C[C@H]1CN(c2ccc3c(C4CCC(=O)NC4=O)nn(C)c3c2)CCN1C(=O)OC(C)(C)C. The number of piperidine rings is 1. The lowest BCUT2D eigenvalue weighted by Crippen LogP contribution is -2.55. The van der Waals surface area contributed by atoms with Gasteiger partial charge in [-0.3, -0.25) is 19.6 Å². The quantitative estimate of drug-likeness (QED) is 0.720. The summed E-state index contributed by atoms with van der Waals surface area (Å²) in [5, 5.41) is 7.96. The van der Waals surface area contributed by atoms with Gasteiger partial charge in [0.15, 0.2) is 0 Å². The second-order valence-electron chi connectivity index (χ2n) is 9.68. The van der Waals surface area contributed by atoms with Crippen LogP contribution < -0.4 is 10.2 Å². The maximum absolute atomic E-state index is 12.5. The van der Waals surface area contributed by atoms with Gasteiger partial charge in [0.25, 0.3) is 0 Å². The molecule has 0 spiro atoms. The highest BCUT2D eigenvalue weighted by molar-refractivity contribution is 6.02. The van der Waals surface area contributed by atoms with Crippen molar-refractivity contribution < 1.29 is 19.1 Å². The van der Waals surface area contributed by atoms with Crippen molar-refractivity contribution in [3.63, 3.8) is 0 Å². The maximum atomic E-state index is 12.5. The average Bonchev–Trinajstić information content (AvgIpc) is 3.02. The van der Waals surface area contributed by atoms with Gasteiger partial charge < -0.3 is 14.5 Å². The predicted octanol–water partition coefficient (Wildman–Crippen LogP) is 2.54. The van der Waals surface area contributed by atoms with Crippen LogP contribution in [-0.4, -0.2) is 63.9 Å². The Morgan fingerprint density at radius 1 is 1.22 bits per heavy atom. The van der Waals surface area contributed by atoms with Crippen LogP contribution in [0.25, 0.3) is 10.9 Å². The van der Waals surface area contributed by atoms with E-state index in [2.05, 4.69) is 21.4 Å². The van der Waals surface area contributed by atoms with Crippen molar-refractivity contribution in [2.24, 2.45) is 7.05 Å². The monoisotopic (exact) mass is 441 g/mol. The topological polar surface area (TPSA) is 96.8 Å². The van der Waals surface area contributed by atoms with Crippen LogP contribution in [0.1, 0.15) is 52.1 Å². The normalized spacial score (nSPS) is 22.3. The Balaban J connectivity index is 1.53. The Bertz CT molecular complexity index is 1070. The Morgan fingerprint density at radius 3 is 2.62 bits per heavy atom. The molecule has 1 aromatic heterocycles. The maximum Gasteiger partial charge on any atom is 0.410 e. The van der Waals surface area contributed by atoms with E-state index in [0.717, 1.165) is 16.6 Å². The third kappa shape index (κ3) is 4.28. The number of aryl methyl sites for hydroxylation is 1. The number of nitrogens with zero attached hydrogens (tertiary/aromatic N) is 4. The van der Waals surface area contributed by atoms with Gasteiger partial charge >= 0.3 is 6.09 Å². The Hall–Kier alpha value is -3.10. The number of amides is 3. The van der Waals surface area contributed by atoms with E-state index in [9.17, 15) is 14.4 Å². The van der Waals surface area contributed by atoms with Gasteiger partial charge in [-0.15, -0.1) is 0 Å². The van der Waals surface area contributed by atoms with Crippen molar-refractivity contribution in [2.45, 2.75) is 58.1 Å². The van der Waals surface area contributed by atoms with Crippen molar-refractivity contribution in [3.8, 4) is 0 Å². The molecular weight excluding hydrogens is 410 g/mol. The Morgan fingerprint density at radius 2 is 1.97 bits per heavy atom. The van der Waals surface area contributed by atoms with E-state index in [0.29, 0.717) is 38.2 Å². The highest BCUT2D eigenvalue weighted by atomic mass is 16.6. The number of nitrogens with one attached hydrogen (secondary N) is 1. The van der Waals surface area contributed by atoms with Gasteiger partial charge in [-0.25, -0.2) is 4.79 Å². The molecule has 2 aromatic rings. The minimum Gasteiger partial charge on any atom is -0.444 e. The average molecular weight is 442 g/mol. The number of carbonyl (C=O) groups excluding carboxylic acids is 3. The lowest BCUT2D eigenvalue weighted by Gasteiger charge is -2.41. The molecule has 0 radical (unpaired) electrons. The first-order chi connectivity index (χ1) is 15.0. The zero-order valence-corrected chi connectivity index (χ0v) is 19.3. The number of anilines is 1. The second kappa shape index (κ2) is 8.11. The number of ether oxygens (including phenoxy) is 1. The summed E-state index contributed by atoms with van der Waals surface area (Å²) in [6, 6.07) is 6.13. The van der Waals surface area contributed by atoms with E-state index in [1.54, 1.807) is 9.58 Å². The lowest BCUT2D eigenvalue weighted by molar-refractivity contribution is -0.134. The van der Waals surface area contributed by atoms with Crippen LogP contribution >= 0.6 is 0 Å². The van der Waals surface area contributed by atoms with Crippen molar-refractivity contribution in [2.75, 3.05) is 24.5 Å². The van der Waals surface area contributed by atoms with Gasteiger partial charge in [0.05, 0.1) is 17.1 Å². The highest BCUT2D eigenvalue weighted by Crippen LogP contribution is 2.32. The van der Waals surface area contributed by atoms with E-state index < -0.39 is 11.5 Å². The molecule has 9 heteroatoms. The van der Waals surface area contributed by atoms with E-state index >= 15 is 0 Å². The van der Waals surface area contributed by atoms with Gasteiger partial charge in [-0.1, -0.05) is 0 Å². The lowest BCUT2D eigenvalue weighted by atomic mass is 9.93. The third-order valence-electron chi connectivity index (χ3n) is 6.05. The number of aromatic nitrogens is 2. The van der Waals surface area contributed by atoms with E-state index in [4.69, 9.17) is 4.74 Å². The van der Waals surface area contributed by atoms with Crippen molar-refractivity contribution in [3.05, 3.63) is 23.9 Å². The van der Waals surface area contributed by atoms with Crippen molar-refractivity contribution in [1.29, 1.82) is 0 Å². The van der Waals surface area contributed by atoms with E-state index in [1.165, 1.54) is 0 Å². The molecule has 0 aliphatic carbocycles. The number of hydrogen-bond donors (Lipinski definition) is 1. The summed E-state index contributed by atoms with van der Waals surface area (Å²) in [7, 11) is 1.87. The minimum atomic E-state index is -0.515. The zero-order chi connectivity index (χ0) is 23.2. The standard InChI is InChI=1S/C23H31N5O4/c1-14-13-27(10-11-28(14)22(31)32-23(2,3)4)15-6-7-16-18(12-15)26(5)25-20(16)17-8-9-19(29)24-21(17)30/h6-7,12,14,17H,8-11,13H2,1-5H3,(H,24,29,30)/t14-,17?/m0/s1. The number of carbonyl (C=O) groups is 3. The third-order valence-corrected chi connectivity index (χ3v) is 6.05. The molecule has 2 aliphatic heterocycles. The largest absolute Gasteiger partial charge is 0.444 e. The van der Waals surface area contributed by atoms with E-state index in [-0.39, 0.29) is 23.9 Å². The molecule has 2 atom stereocenters. The van der Waals surface area contributed by atoms with Crippen molar-refractivity contribution in [1.82, 2.24) is 20.0 Å². The van der Waals surface area contributed by atoms with Crippen LogP contribution in [0, 0.1) is 0 Å². The molecule has 0 bridgehead atoms. The fourth-order valence-corrected chi connectivity index (χ4v) is 4.47. The first-order valence-electron chi connectivity index (χ1n) is 11.1. The molecule has 1 N–H and O–H groups in total. The first kappa shape index (κ1) is 22.1. The summed E-state index contributed by atoms with van der Waals surface area (Å²) >= 11 is 0. The van der Waals surface area contributed by atoms with Crippen LogP contribution in [0.15, 0.2) is 18.2 Å². The molecule has 2 saturated heterocycles. The molecule has 0 saturated carbocycles. The summed E-state index contributed by atoms with van der Waals surface area (Å²) in [6.45, 7) is 9.63. The van der Waals surface area contributed by atoms with E-state index in [1.807, 2.05) is 46.9 Å². The predicted molar refractivity (Wildman–Crippen MR) is 120 cm³/mol. The van der Waals surface area contributed by atoms with Gasteiger partial charge in [-0.05, 0) is 52.3 Å². The van der Waals surface area contributed by atoms with Crippen LogP contribution in [0.4, 0.5) is 10.5 Å². The fourth-order valence-electron chi connectivity index (χ4n) is 4.47. The van der Waals surface area contributed by atoms with Crippen molar-refractivity contribution >= 4 is 34.5 Å². The molecule has 2 aliphatic rings. The van der Waals surface area contributed by atoms with Crippen LogP contribution in [0.3, 0.4) is 0 Å². The number of imide groups is 1. The second-order valence-corrected chi connectivity index (χ2v) is 9.68. The smallest absolute Gasteiger partial charge is 0.410 e. The van der Waals surface area contributed by atoms with Crippen LogP contribution in [0.5, 0.6) is 0 Å². The Labute approximate surface area is 187 Å². The molecule has 1 unspecified atom stereocenters. The zero-order valence-electron chi connectivity index (χ0n) is 19.3. The molecule has 1 aromatic carbocycles. The molecule has 2 fully saturated rings. The molecule has 3 amide bonds. The van der Waals surface area contributed by atoms with Gasteiger partial charge in [0.1, 0.15) is 5.60 Å². The molecule has 3 heterocycles. The molecule has 9 nitrogen and oxygen atoms in total. The highest BCUT2D eigenvalue weighted by Gasteiger charge is 2.33. The first-order valence-corrected chi connectivity index (χ1v) is 11.1. The molecule has 32 heavy (non-hydrogen) atoms.